The molecule has 2 aromatic carbocycles. The average Bonchev–Trinajstić information content (AvgIpc) is 3.31. The van der Waals surface area contributed by atoms with Crippen molar-refractivity contribution in [1.29, 1.82) is 5.41 Å². The molecule has 0 aliphatic carbocycles. The zero-order valence-corrected chi connectivity index (χ0v) is 19.2. The highest BCUT2D eigenvalue weighted by molar-refractivity contribution is 7.92. The van der Waals surface area contributed by atoms with Gasteiger partial charge in [-0.25, -0.2) is 8.42 Å². The fraction of sp³-hybridized carbons (Fsp3) is 0.286. The topological polar surface area (TPSA) is 149 Å². The molecule has 2 aliphatic rings. The van der Waals surface area contributed by atoms with Gasteiger partial charge >= 0.3 is 0 Å². The molecule has 2 aliphatic heterocycles. The van der Waals surface area contributed by atoms with E-state index in [0.29, 0.717) is 25.3 Å². The summed E-state index contributed by atoms with van der Waals surface area (Å²) in [6.07, 6.45) is 2.34. The Morgan fingerprint density at radius 3 is 2.61 bits per heavy atom. The summed E-state index contributed by atoms with van der Waals surface area (Å²) in [6, 6.07) is 11.6. The quantitative estimate of drug-likeness (QED) is 0.499. The van der Waals surface area contributed by atoms with Gasteiger partial charge in [0, 0.05) is 31.6 Å². The number of nitrogens with zero attached hydrogens (tertiary/aromatic N) is 2. The second kappa shape index (κ2) is 8.94. The lowest BCUT2D eigenvalue weighted by Crippen LogP contribution is -2.34. The van der Waals surface area contributed by atoms with Crippen LogP contribution in [0, 0.1) is 5.41 Å². The van der Waals surface area contributed by atoms with Crippen molar-refractivity contribution in [3.8, 4) is 0 Å². The fourth-order valence-electron chi connectivity index (χ4n) is 3.79. The molecule has 2 aromatic rings. The van der Waals surface area contributed by atoms with E-state index in [0.717, 1.165) is 19.4 Å². The minimum Gasteiger partial charge on any atom is -0.360 e. The van der Waals surface area contributed by atoms with E-state index in [2.05, 4.69) is 14.4 Å². The van der Waals surface area contributed by atoms with Crippen molar-refractivity contribution in [3.05, 3.63) is 59.7 Å². The van der Waals surface area contributed by atoms with E-state index in [1.807, 2.05) is 4.90 Å². The van der Waals surface area contributed by atoms with Gasteiger partial charge in [0.2, 0.25) is 0 Å². The number of carbonyl (C=O) groups is 1. The van der Waals surface area contributed by atoms with Crippen molar-refractivity contribution in [2.24, 2.45) is 4.40 Å². The van der Waals surface area contributed by atoms with Crippen LogP contribution in [0.3, 0.4) is 0 Å². The Morgan fingerprint density at radius 2 is 1.85 bits per heavy atom. The summed E-state index contributed by atoms with van der Waals surface area (Å²) in [5, 5.41) is 10.6. The van der Waals surface area contributed by atoms with Crippen molar-refractivity contribution in [3.63, 3.8) is 0 Å². The van der Waals surface area contributed by atoms with Gasteiger partial charge in [-0.15, -0.1) is 4.40 Å². The number of sulfonamides is 2. The molecule has 10 nitrogen and oxygen atoms in total. The Morgan fingerprint density at radius 1 is 1.12 bits per heavy atom. The molecule has 0 bridgehead atoms. The van der Waals surface area contributed by atoms with Gasteiger partial charge in [0.05, 0.1) is 11.4 Å². The molecule has 174 valence electrons. The first kappa shape index (κ1) is 22.9. The third kappa shape index (κ3) is 4.76. The summed E-state index contributed by atoms with van der Waals surface area (Å²) in [6.45, 7) is 1.80. The van der Waals surface area contributed by atoms with Crippen LogP contribution >= 0.6 is 0 Å². The lowest BCUT2D eigenvalue weighted by Gasteiger charge is -2.17. The number of nitrogens with one attached hydrogen (secondary N) is 3. The fourth-order valence-corrected chi connectivity index (χ4v) is 6.26. The number of hydrogen-bond donors (Lipinski definition) is 3. The molecule has 1 fully saturated rings. The van der Waals surface area contributed by atoms with Crippen LogP contribution in [0.1, 0.15) is 35.2 Å². The first-order valence-corrected chi connectivity index (χ1v) is 13.3. The van der Waals surface area contributed by atoms with Gasteiger partial charge in [0.1, 0.15) is 9.79 Å². The molecule has 33 heavy (non-hydrogen) atoms. The monoisotopic (exact) mass is 489 g/mol. The lowest BCUT2D eigenvalue weighted by molar-refractivity contribution is 0.0949. The number of rotatable bonds is 7. The van der Waals surface area contributed by atoms with Crippen molar-refractivity contribution in [2.75, 3.05) is 19.6 Å². The Balaban J connectivity index is 1.48. The summed E-state index contributed by atoms with van der Waals surface area (Å²) in [5.74, 6) is -0.273. The van der Waals surface area contributed by atoms with E-state index in [1.165, 1.54) is 36.4 Å². The SMILES string of the molecule is N=C1CCCN1CCCNC(=O)c1ccccc1S(=O)(=O)NC1=NS(=O)(=O)c2ccccc21. The summed E-state index contributed by atoms with van der Waals surface area (Å²) >= 11 is 0. The van der Waals surface area contributed by atoms with Gasteiger partial charge in [-0.2, -0.15) is 8.42 Å². The predicted octanol–water partition coefficient (Wildman–Crippen LogP) is 1.31. The highest BCUT2D eigenvalue weighted by Gasteiger charge is 2.32. The van der Waals surface area contributed by atoms with Crippen LogP contribution in [-0.4, -0.2) is 58.9 Å². The molecule has 0 atom stereocenters. The van der Waals surface area contributed by atoms with E-state index < -0.39 is 26.0 Å². The third-order valence-corrected chi connectivity index (χ3v) is 8.13. The lowest BCUT2D eigenvalue weighted by atomic mass is 10.2. The molecule has 0 aromatic heterocycles. The van der Waals surface area contributed by atoms with Crippen molar-refractivity contribution < 1.29 is 21.6 Å². The normalized spacial score (nSPS) is 16.9. The van der Waals surface area contributed by atoms with Crippen molar-refractivity contribution in [1.82, 2.24) is 14.9 Å². The number of hydrogen-bond acceptors (Lipinski definition) is 6. The van der Waals surface area contributed by atoms with Crippen LogP contribution in [0.25, 0.3) is 0 Å². The number of benzene rings is 2. The molecule has 12 heteroatoms. The van der Waals surface area contributed by atoms with Crippen LogP contribution in [0.5, 0.6) is 0 Å². The molecule has 1 amide bonds. The number of amidine groups is 2. The van der Waals surface area contributed by atoms with Crippen LogP contribution in [0.4, 0.5) is 0 Å². The van der Waals surface area contributed by atoms with Gasteiger partial charge in [0.25, 0.3) is 26.0 Å². The zero-order chi connectivity index (χ0) is 23.6. The molecule has 3 N–H and O–H groups in total. The molecule has 2 heterocycles. The Hall–Kier alpha value is -3.25. The number of likely N-dealkylation sites (tertiary alicyclic amines) is 1. The zero-order valence-electron chi connectivity index (χ0n) is 17.6. The maximum atomic E-state index is 13.1. The van der Waals surface area contributed by atoms with E-state index in [4.69, 9.17) is 5.41 Å². The minimum absolute atomic E-state index is 0.0614. The molecule has 1 saturated heterocycles. The second-order valence-corrected chi connectivity index (χ2v) is 10.9. The second-order valence-electron chi connectivity index (χ2n) is 7.66. The molecule has 0 unspecified atom stereocenters. The molecular formula is C21H23N5O5S2. The van der Waals surface area contributed by atoms with Crippen molar-refractivity contribution >= 4 is 37.6 Å². The van der Waals surface area contributed by atoms with Crippen LogP contribution in [0.15, 0.2) is 62.7 Å². The average molecular weight is 490 g/mol. The molecule has 4 rings (SSSR count). The maximum absolute atomic E-state index is 13.1. The molecular weight excluding hydrogens is 466 g/mol. The van der Waals surface area contributed by atoms with Gasteiger partial charge in [-0.1, -0.05) is 24.3 Å². The first-order valence-electron chi connectivity index (χ1n) is 10.4. The van der Waals surface area contributed by atoms with Crippen LogP contribution in [-0.2, 0) is 20.0 Å². The molecule has 0 radical (unpaired) electrons. The van der Waals surface area contributed by atoms with E-state index in [9.17, 15) is 21.6 Å². The third-order valence-electron chi connectivity index (χ3n) is 5.40. The van der Waals surface area contributed by atoms with Crippen LogP contribution in [0.2, 0.25) is 0 Å². The Labute approximate surface area is 192 Å². The van der Waals surface area contributed by atoms with Gasteiger partial charge in [-0.3, -0.25) is 14.9 Å². The predicted molar refractivity (Wildman–Crippen MR) is 122 cm³/mol. The number of fused-ring (bicyclic) bond motifs is 1. The summed E-state index contributed by atoms with van der Waals surface area (Å²) in [5.41, 5.74) is 0.0872. The number of carbonyl (C=O) groups excluding carboxylic acids is 1. The van der Waals surface area contributed by atoms with E-state index in [-0.39, 0.29) is 26.8 Å². The summed E-state index contributed by atoms with van der Waals surface area (Å²) in [7, 11) is -8.30. The van der Waals surface area contributed by atoms with Gasteiger partial charge in [-0.05, 0) is 37.1 Å². The maximum Gasteiger partial charge on any atom is 0.285 e. The molecule has 0 spiro atoms. The first-order chi connectivity index (χ1) is 15.7. The summed E-state index contributed by atoms with van der Waals surface area (Å²) < 4.78 is 56.4. The standard InChI is InChI=1S/C21H23N5O5S2/c22-19-11-5-13-26(19)14-6-12-23-21(27)16-8-2-4-10-18(16)33(30,31)25-20-15-7-1-3-9-17(15)32(28,29)24-20/h1-4,7-10,22H,5-6,11-14H2,(H,23,27)(H,24,25). The van der Waals surface area contributed by atoms with Gasteiger partial charge < -0.3 is 10.2 Å². The van der Waals surface area contributed by atoms with Gasteiger partial charge in [0.15, 0.2) is 5.84 Å². The van der Waals surface area contributed by atoms with Crippen molar-refractivity contribution in [2.45, 2.75) is 29.1 Å². The highest BCUT2D eigenvalue weighted by Crippen LogP contribution is 2.26. The largest absolute Gasteiger partial charge is 0.360 e. The highest BCUT2D eigenvalue weighted by atomic mass is 32.2. The minimum atomic E-state index is -4.31. The van der Waals surface area contributed by atoms with E-state index in [1.54, 1.807) is 12.1 Å². The van der Waals surface area contributed by atoms with Crippen LogP contribution < -0.4 is 10.0 Å². The smallest absolute Gasteiger partial charge is 0.285 e. The molecule has 0 saturated carbocycles. The Bertz CT molecular complexity index is 1350. The van der Waals surface area contributed by atoms with E-state index >= 15 is 0 Å². The number of amides is 1. The Kier molecular flexibility index (Phi) is 6.21. The summed E-state index contributed by atoms with van der Waals surface area (Å²) in [4.78, 5) is 14.3.